The molecule has 0 saturated heterocycles. The van der Waals surface area contributed by atoms with Crippen LogP contribution < -0.4 is 5.73 Å². The average Bonchev–Trinajstić information content (AvgIpc) is 2.77. The topological polar surface area (TPSA) is 60.9 Å². The molecule has 4 nitrogen and oxygen atoms in total. The van der Waals surface area contributed by atoms with Crippen LogP contribution in [0, 0.1) is 0 Å². The van der Waals surface area contributed by atoms with E-state index in [9.17, 15) is 4.79 Å². The molecular weight excluding hydrogens is 306 g/mol. The molecule has 1 aromatic carbocycles. The molecule has 1 aromatic heterocycles. The monoisotopic (exact) mass is 321 g/mol. The highest BCUT2D eigenvalue weighted by molar-refractivity contribution is 9.10. The largest absolute Gasteiger partial charge is 0.399 e. The standard InChI is InChI=1S/C14H16BrN3O/c1-9(2)18-6-5-11(17-18)8-14(19)12-4-3-10(16)7-13(12)15/h3-7,9H,8,16H2,1-2H3. The lowest BCUT2D eigenvalue weighted by atomic mass is 10.1. The minimum atomic E-state index is 0.0286. The molecule has 0 unspecified atom stereocenters. The van der Waals surface area contributed by atoms with Crippen LogP contribution >= 0.6 is 15.9 Å². The predicted octanol–water partition coefficient (Wildman–Crippen LogP) is 3.23. The van der Waals surface area contributed by atoms with Gasteiger partial charge in [-0.15, -0.1) is 0 Å². The van der Waals surface area contributed by atoms with Gasteiger partial charge in [0.2, 0.25) is 0 Å². The van der Waals surface area contributed by atoms with Gasteiger partial charge in [-0.1, -0.05) is 0 Å². The number of anilines is 1. The minimum Gasteiger partial charge on any atom is -0.399 e. The van der Waals surface area contributed by atoms with E-state index in [1.807, 2.05) is 16.9 Å². The molecule has 0 spiro atoms. The summed E-state index contributed by atoms with van der Waals surface area (Å²) in [7, 11) is 0. The first kappa shape index (κ1) is 13.8. The molecule has 0 aliphatic rings. The van der Waals surface area contributed by atoms with Crippen LogP contribution in [0.5, 0.6) is 0 Å². The lowest BCUT2D eigenvalue weighted by molar-refractivity contribution is 0.0991. The molecule has 2 rings (SSSR count). The molecule has 2 aromatic rings. The number of nitrogen functional groups attached to an aromatic ring is 1. The number of ketones is 1. The summed E-state index contributed by atoms with van der Waals surface area (Å²) in [5.41, 5.74) is 7.70. The van der Waals surface area contributed by atoms with E-state index >= 15 is 0 Å². The van der Waals surface area contributed by atoms with Crippen molar-refractivity contribution in [1.82, 2.24) is 9.78 Å². The number of hydrogen-bond donors (Lipinski definition) is 1. The summed E-state index contributed by atoms with van der Waals surface area (Å²) in [5, 5.41) is 4.38. The maximum atomic E-state index is 12.2. The number of carbonyl (C=O) groups excluding carboxylic acids is 1. The van der Waals surface area contributed by atoms with Crippen molar-refractivity contribution in [3.05, 3.63) is 46.2 Å². The number of rotatable bonds is 4. The summed E-state index contributed by atoms with van der Waals surface area (Å²) >= 11 is 3.36. The van der Waals surface area contributed by atoms with Gasteiger partial charge in [0.1, 0.15) is 0 Å². The Morgan fingerprint density at radius 2 is 2.16 bits per heavy atom. The number of carbonyl (C=O) groups is 1. The first-order chi connectivity index (χ1) is 8.97. The third-order valence-electron chi connectivity index (χ3n) is 2.83. The first-order valence-electron chi connectivity index (χ1n) is 6.09. The molecule has 2 N–H and O–H groups in total. The van der Waals surface area contributed by atoms with Crippen LogP contribution in [0.15, 0.2) is 34.9 Å². The fourth-order valence-electron chi connectivity index (χ4n) is 1.78. The number of Topliss-reactive ketones (excluding diaryl/α,β-unsaturated/α-hetero) is 1. The summed E-state index contributed by atoms with van der Waals surface area (Å²) in [6.07, 6.45) is 2.19. The highest BCUT2D eigenvalue weighted by Crippen LogP contribution is 2.21. The number of benzene rings is 1. The van der Waals surface area contributed by atoms with E-state index in [4.69, 9.17) is 5.73 Å². The predicted molar refractivity (Wildman–Crippen MR) is 79.2 cm³/mol. The Kier molecular flexibility index (Phi) is 4.04. The van der Waals surface area contributed by atoms with Gasteiger partial charge in [-0.2, -0.15) is 5.10 Å². The van der Waals surface area contributed by atoms with E-state index in [-0.39, 0.29) is 5.78 Å². The fourth-order valence-corrected chi connectivity index (χ4v) is 2.39. The van der Waals surface area contributed by atoms with E-state index in [1.165, 1.54) is 0 Å². The van der Waals surface area contributed by atoms with E-state index in [2.05, 4.69) is 34.9 Å². The Morgan fingerprint density at radius 1 is 1.42 bits per heavy atom. The first-order valence-corrected chi connectivity index (χ1v) is 6.89. The van der Waals surface area contributed by atoms with Crippen LogP contribution in [-0.2, 0) is 6.42 Å². The van der Waals surface area contributed by atoms with Gasteiger partial charge in [-0.3, -0.25) is 9.48 Å². The fraction of sp³-hybridized carbons (Fsp3) is 0.286. The quantitative estimate of drug-likeness (QED) is 0.694. The Balaban J connectivity index is 2.16. The lowest BCUT2D eigenvalue weighted by Gasteiger charge is -2.05. The third-order valence-corrected chi connectivity index (χ3v) is 3.48. The van der Waals surface area contributed by atoms with E-state index in [1.54, 1.807) is 18.2 Å². The summed E-state index contributed by atoms with van der Waals surface area (Å²) < 4.78 is 2.57. The molecule has 0 saturated carbocycles. The molecule has 19 heavy (non-hydrogen) atoms. The number of hydrogen-bond acceptors (Lipinski definition) is 3. The van der Waals surface area contributed by atoms with Crippen LogP contribution in [0.4, 0.5) is 5.69 Å². The number of nitrogens with two attached hydrogens (primary N) is 1. The molecule has 0 aliphatic carbocycles. The maximum Gasteiger partial charge on any atom is 0.170 e. The van der Waals surface area contributed by atoms with Crippen molar-refractivity contribution in [3.8, 4) is 0 Å². The van der Waals surface area contributed by atoms with Crippen LogP contribution in [0.1, 0.15) is 35.9 Å². The second-order valence-corrected chi connectivity index (χ2v) is 5.57. The minimum absolute atomic E-state index is 0.0286. The van der Waals surface area contributed by atoms with Crippen molar-refractivity contribution >= 4 is 27.4 Å². The summed E-state index contributed by atoms with van der Waals surface area (Å²) in [6, 6.07) is 7.38. The van der Waals surface area contributed by atoms with Gasteiger partial charge in [0, 0.05) is 28.0 Å². The van der Waals surface area contributed by atoms with Crippen LogP contribution in [0.25, 0.3) is 0 Å². The second kappa shape index (κ2) is 5.57. The van der Waals surface area contributed by atoms with Gasteiger partial charge in [0.25, 0.3) is 0 Å². The normalized spacial score (nSPS) is 10.9. The van der Waals surface area contributed by atoms with Gasteiger partial charge in [-0.25, -0.2) is 0 Å². The molecule has 0 amide bonds. The van der Waals surface area contributed by atoms with Crippen LogP contribution in [-0.4, -0.2) is 15.6 Å². The maximum absolute atomic E-state index is 12.2. The van der Waals surface area contributed by atoms with Crippen molar-refractivity contribution < 1.29 is 4.79 Å². The third kappa shape index (κ3) is 3.23. The van der Waals surface area contributed by atoms with Crippen LogP contribution in [0.2, 0.25) is 0 Å². The van der Waals surface area contributed by atoms with Crippen molar-refractivity contribution in [2.75, 3.05) is 5.73 Å². The van der Waals surface area contributed by atoms with Crippen molar-refractivity contribution in [2.24, 2.45) is 0 Å². The molecule has 100 valence electrons. The lowest BCUT2D eigenvalue weighted by Crippen LogP contribution is -2.07. The van der Waals surface area contributed by atoms with E-state index in [0.717, 1.165) is 10.2 Å². The molecule has 0 atom stereocenters. The van der Waals surface area contributed by atoms with Crippen LogP contribution in [0.3, 0.4) is 0 Å². The van der Waals surface area contributed by atoms with E-state index in [0.29, 0.717) is 23.7 Å². The number of nitrogens with zero attached hydrogens (tertiary/aromatic N) is 2. The Labute approximate surface area is 120 Å². The van der Waals surface area contributed by atoms with Gasteiger partial charge < -0.3 is 5.73 Å². The average molecular weight is 322 g/mol. The van der Waals surface area contributed by atoms with Gasteiger partial charge >= 0.3 is 0 Å². The number of aromatic nitrogens is 2. The van der Waals surface area contributed by atoms with Crippen molar-refractivity contribution in [1.29, 1.82) is 0 Å². The summed E-state index contributed by atoms with van der Waals surface area (Å²) in [6.45, 7) is 4.10. The molecular formula is C14H16BrN3O. The molecule has 0 aliphatic heterocycles. The van der Waals surface area contributed by atoms with Crippen molar-refractivity contribution in [3.63, 3.8) is 0 Å². The SMILES string of the molecule is CC(C)n1ccc(CC(=O)c2ccc(N)cc2Br)n1. The zero-order valence-corrected chi connectivity index (χ0v) is 12.5. The number of halogens is 1. The Bertz CT molecular complexity index is 604. The second-order valence-electron chi connectivity index (χ2n) is 4.72. The van der Waals surface area contributed by atoms with E-state index < -0.39 is 0 Å². The Morgan fingerprint density at radius 3 is 2.74 bits per heavy atom. The molecule has 0 fully saturated rings. The Hall–Kier alpha value is -1.62. The van der Waals surface area contributed by atoms with Gasteiger partial charge in [0.15, 0.2) is 5.78 Å². The molecule has 1 heterocycles. The zero-order chi connectivity index (χ0) is 14.0. The zero-order valence-electron chi connectivity index (χ0n) is 10.9. The van der Waals surface area contributed by atoms with Gasteiger partial charge in [0.05, 0.1) is 12.1 Å². The molecule has 5 heteroatoms. The van der Waals surface area contributed by atoms with Crippen molar-refractivity contribution in [2.45, 2.75) is 26.3 Å². The highest BCUT2D eigenvalue weighted by Gasteiger charge is 2.13. The molecule has 0 bridgehead atoms. The molecule has 0 radical (unpaired) electrons. The van der Waals surface area contributed by atoms with Gasteiger partial charge in [-0.05, 0) is 54.0 Å². The smallest absolute Gasteiger partial charge is 0.170 e. The summed E-state index contributed by atoms with van der Waals surface area (Å²) in [4.78, 5) is 12.2. The summed E-state index contributed by atoms with van der Waals surface area (Å²) in [5.74, 6) is 0.0286. The highest BCUT2D eigenvalue weighted by atomic mass is 79.9.